The fourth-order valence-electron chi connectivity index (χ4n) is 1.96. The van der Waals surface area contributed by atoms with Crippen LogP contribution in [0.4, 0.5) is 8.78 Å². The van der Waals surface area contributed by atoms with Gasteiger partial charge in [0.05, 0.1) is 4.34 Å². The van der Waals surface area contributed by atoms with Crippen LogP contribution < -0.4 is 10.1 Å². The highest BCUT2D eigenvalue weighted by atomic mass is 35.5. The standard InChI is InChI=1S/C14H14ClF2NOS/c1-18-12(8-11-5-6-13(15)20-11)9-3-2-4-10(7-9)19-14(16)17/h2-7,12,14,18H,8H2,1H3. The zero-order valence-corrected chi connectivity index (χ0v) is 12.3. The maximum atomic E-state index is 12.2. The van der Waals surface area contributed by atoms with Gasteiger partial charge in [-0.05, 0) is 36.9 Å². The van der Waals surface area contributed by atoms with E-state index in [0.29, 0.717) is 0 Å². The van der Waals surface area contributed by atoms with E-state index < -0.39 is 6.61 Å². The summed E-state index contributed by atoms with van der Waals surface area (Å²) in [5.41, 5.74) is 0.898. The van der Waals surface area contributed by atoms with Crippen molar-refractivity contribution < 1.29 is 13.5 Å². The molecule has 1 heterocycles. The summed E-state index contributed by atoms with van der Waals surface area (Å²) in [6.45, 7) is -2.81. The van der Waals surface area contributed by atoms with Crippen molar-refractivity contribution in [2.75, 3.05) is 7.05 Å². The highest BCUT2D eigenvalue weighted by molar-refractivity contribution is 7.16. The van der Waals surface area contributed by atoms with Crippen LogP contribution in [0.1, 0.15) is 16.5 Å². The molecule has 0 saturated heterocycles. The molecule has 1 unspecified atom stereocenters. The third-order valence-electron chi connectivity index (χ3n) is 2.87. The number of nitrogens with one attached hydrogen (secondary N) is 1. The molecule has 0 radical (unpaired) electrons. The molecule has 0 aliphatic heterocycles. The van der Waals surface area contributed by atoms with E-state index in [0.717, 1.165) is 21.2 Å². The Labute approximate surface area is 125 Å². The minimum Gasteiger partial charge on any atom is -0.435 e. The molecule has 0 bridgehead atoms. The summed E-state index contributed by atoms with van der Waals surface area (Å²) in [5.74, 6) is 0.168. The fraction of sp³-hybridized carbons (Fsp3) is 0.286. The second kappa shape index (κ2) is 7.02. The zero-order valence-electron chi connectivity index (χ0n) is 10.8. The highest BCUT2D eigenvalue weighted by Crippen LogP contribution is 2.28. The number of hydrogen-bond acceptors (Lipinski definition) is 3. The van der Waals surface area contributed by atoms with Crippen molar-refractivity contribution in [3.05, 3.63) is 51.2 Å². The lowest BCUT2D eigenvalue weighted by molar-refractivity contribution is -0.0499. The van der Waals surface area contributed by atoms with Gasteiger partial charge in [0, 0.05) is 17.3 Å². The molecule has 1 N–H and O–H groups in total. The first-order chi connectivity index (χ1) is 9.58. The van der Waals surface area contributed by atoms with Crippen LogP contribution >= 0.6 is 22.9 Å². The summed E-state index contributed by atoms with van der Waals surface area (Å²) in [7, 11) is 1.83. The van der Waals surface area contributed by atoms with Gasteiger partial charge in [0.25, 0.3) is 0 Å². The largest absolute Gasteiger partial charge is 0.435 e. The Balaban J connectivity index is 2.14. The van der Waals surface area contributed by atoms with E-state index in [4.69, 9.17) is 11.6 Å². The van der Waals surface area contributed by atoms with E-state index in [1.807, 2.05) is 25.2 Å². The molecule has 2 rings (SSSR count). The lowest BCUT2D eigenvalue weighted by Gasteiger charge is -2.17. The monoisotopic (exact) mass is 317 g/mol. The topological polar surface area (TPSA) is 21.3 Å². The molecule has 0 aliphatic rings. The van der Waals surface area contributed by atoms with Gasteiger partial charge in [0.1, 0.15) is 5.75 Å². The van der Waals surface area contributed by atoms with Crippen LogP contribution in [-0.4, -0.2) is 13.7 Å². The number of halogens is 3. The van der Waals surface area contributed by atoms with Crippen LogP contribution in [0.25, 0.3) is 0 Å². The molecule has 0 saturated carbocycles. The summed E-state index contributed by atoms with van der Waals surface area (Å²) < 4.78 is 29.6. The Morgan fingerprint density at radius 2 is 2.10 bits per heavy atom. The molecule has 1 atom stereocenters. The fourth-order valence-corrected chi connectivity index (χ4v) is 3.09. The molecule has 0 aliphatic carbocycles. The lowest BCUT2D eigenvalue weighted by atomic mass is 10.0. The van der Waals surface area contributed by atoms with E-state index in [2.05, 4.69) is 10.1 Å². The van der Waals surface area contributed by atoms with Crippen LogP contribution in [0, 0.1) is 0 Å². The predicted molar refractivity (Wildman–Crippen MR) is 77.9 cm³/mol. The van der Waals surface area contributed by atoms with Gasteiger partial charge in [-0.25, -0.2) is 0 Å². The molecule has 0 fully saturated rings. The molecule has 2 nitrogen and oxygen atoms in total. The number of alkyl halides is 2. The number of ether oxygens (including phenoxy) is 1. The average Bonchev–Trinajstić information content (AvgIpc) is 2.81. The van der Waals surface area contributed by atoms with Crippen molar-refractivity contribution in [1.29, 1.82) is 0 Å². The van der Waals surface area contributed by atoms with Gasteiger partial charge in [-0.3, -0.25) is 0 Å². The van der Waals surface area contributed by atoms with Gasteiger partial charge in [-0.2, -0.15) is 8.78 Å². The molecule has 2 aromatic rings. The first-order valence-electron chi connectivity index (χ1n) is 6.04. The summed E-state index contributed by atoms with van der Waals surface area (Å²) in [6, 6.07) is 10.6. The number of rotatable bonds is 6. The Bertz CT molecular complexity index is 562. The summed E-state index contributed by atoms with van der Waals surface area (Å²) >= 11 is 7.43. The average molecular weight is 318 g/mol. The molecule has 0 amide bonds. The normalized spacial score (nSPS) is 12.7. The lowest BCUT2D eigenvalue weighted by Crippen LogP contribution is -2.18. The van der Waals surface area contributed by atoms with Crippen molar-refractivity contribution in [3.63, 3.8) is 0 Å². The van der Waals surface area contributed by atoms with E-state index in [-0.39, 0.29) is 11.8 Å². The molecular formula is C14H14ClF2NOS. The summed E-state index contributed by atoms with van der Waals surface area (Å²) in [5, 5.41) is 3.18. The quantitative estimate of drug-likeness (QED) is 0.846. The molecule has 0 spiro atoms. The Morgan fingerprint density at radius 3 is 2.70 bits per heavy atom. The molecule has 108 valence electrons. The number of hydrogen-bond donors (Lipinski definition) is 1. The zero-order chi connectivity index (χ0) is 14.5. The van der Waals surface area contributed by atoms with Crippen LogP contribution in [0.5, 0.6) is 5.75 Å². The van der Waals surface area contributed by atoms with Gasteiger partial charge >= 0.3 is 6.61 Å². The SMILES string of the molecule is CNC(Cc1ccc(Cl)s1)c1cccc(OC(F)F)c1. The van der Waals surface area contributed by atoms with Gasteiger partial charge in [0.15, 0.2) is 0 Å². The van der Waals surface area contributed by atoms with Gasteiger partial charge < -0.3 is 10.1 Å². The van der Waals surface area contributed by atoms with E-state index in [1.165, 1.54) is 17.4 Å². The van der Waals surface area contributed by atoms with Crippen LogP contribution in [0.15, 0.2) is 36.4 Å². The van der Waals surface area contributed by atoms with Crippen molar-refractivity contribution in [1.82, 2.24) is 5.32 Å². The Hall–Kier alpha value is -1.17. The maximum absolute atomic E-state index is 12.2. The Morgan fingerprint density at radius 1 is 1.30 bits per heavy atom. The number of thiophene rings is 1. The number of benzene rings is 1. The number of likely N-dealkylation sites (N-methyl/N-ethyl adjacent to an activating group) is 1. The summed E-state index contributed by atoms with van der Waals surface area (Å²) in [6.07, 6.45) is 0.742. The second-order valence-corrected chi connectivity index (χ2v) is 6.00. The van der Waals surface area contributed by atoms with Crippen molar-refractivity contribution >= 4 is 22.9 Å². The maximum Gasteiger partial charge on any atom is 0.387 e. The Kier molecular flexibility index (Phi) is 5.34. The third-order valence-corrected chi connectivity index (χ3v) is 4.12. The smallest absolute Gasteiger partial charge is 0.387 e. The summed E-state index contributed by atoms with van der Waals surface area (Å²) in [4.78, 5) is 1.13. The second-order valence-electron chi connectivity index (χ2n) is 4.20. The van der Waals surface area contributed by atoms with Crippen LogP contribution in [0.3, 0.4) is 0 Å². The molecule has 1 aromatic carbocycles. The third kappa shape index (κ3) is 4.16. The van der Waals surface area contributed by atoms with Crippen molar-refractivity contribution in [2.45, 2.75) is 19.1 Å². The minimum atomic E-state index is -2.81. The first kappa shape index (κ1) is 15.2. The van der Waals surface area contributed by atoms with Crippen LogP contribution in [0.2, 0.25) is 4.34 Å². The van der Waals surface area contributed by atoms with Crippen molar-refractivity contribution in [2.24, 2.45) is 0 Å². The van der Waals surface area contributed by atoms with Crippen molar-refractivity contribution in [3.8, 4) is 5.75 Å². The molecule has 20 heavy (non-hydrogen) atoms. The van der Waals surface area contributed by atoms with Gasteiger partial charge in [-0.1, -0.05) is 23.7 Å². The van der Waals surface area contributed by atoms with Gasteiger partial charge in [0.2, 0.25) is 0 Å². The molecule has 6 heteroatoms. The van der Waals surface area contributed by atoms with E-state index >= 15 is 0 Å². The molecular weight excluding hydrogens is 304 g/mol. The van der Waals surface area contributed by atoms with E-state index in [1.54, 1.807) is 12.1 Å². The van der Waals surface area contributed by atoms with E-state index in [9.17, 15) is 8.78 Å². The minimum absolute atomic E-state index is 0.0194. The molecule has 1 aromatic heterocycles. The van der Waals surface area contributed by atoms with Crippen LogP contribution in [-0.2, 0) is 6.42 Å². The van der Waals surface area contributed by atoms with Gasteiger partial charge in [-0.15, -0.1) is 11.3 Å². The first-order valence-corrected chi connectivity index (χ1v) is 7.24. The predicted octanol–water partition coefficient (Wildman–Crippen LogP) is 4.51. The highest BCUT2D eigenvalue weighted by Gasteiger charge is 2.13.